The minimum atomic E-state index is -3.06. The van der Waals surface area contributed by atoms with Crippen molar-refractivity contribution in [1.29, 1.82) is 0 Å². The van der Waals surface area contributed by atoms with Crippen molar-refractivity contribution >= 4 is 11.6 Å². The van der Waals surface area contributed by atoms with Gasteiger partial charge in [-0.05, 0) is 0 Å². The Kier molecular flexibility index (Phi) is 4.52. The minimum absolute atomic E-state index is 0.293. The maximum atomic E-state index is 11.5. The molecule has 0 aromatic rings. The fourth-order valence-corrected chi connectivity index (χ4v) is 0.483. The molecule has 0 N–H and O–H groups in total. The van der Waals surface area contributed by atoms with E-state index >= 15 is 0 Å². The first kappa shape index (κ1) is 10.2. The average molecular weight is 166 g/mol. The van der Waals surface area contributed by atoms with Gasteiger partial charge in [-0.15, -0.1) is 0 Å². The molecule has 0 atom stereocenters. The number of ether oxygens (including phenoxy) is 1. The van der Waals surface area contributed by atoms with Gasteiger partial charge in [0.2, 0.25) is 5.78 Å². The Morgan fingerprint density at radius 2 is 2.00 bits per heavy atom. The van der Waals surface area contributed by atoms with Crippen LogP contribution in [-0.4, -0.2) is 31.7 Å². The number of halogens is 2. The van der Waals surface area contributed by atoms with E-state index in [9.17, 15) is 18.4 Å². The molecule has 0 fully saturated rings. The Balaban J connectivity index is 3.67. The van der Waals surface area contributed by atoms with Crippen LogP contribution >= 0.6 is 0 Å². The molecule has 0 aliphatic carbocycles. The van der Waals surface area contributed by atoms with Gasteiger partial charge >= 0.3 is 0 Å². The third-order valence-corrected chi connectivity index (χ3v) is 0.920. The summed E-state index contributed by atoms with van der Waals surface area (Å²) in [6.45, 7) is -0.293. The van der Waals surface area contributed by atoms with Crippen molar-refractivity contribution in [1.82, 2.24) is 0 Å². The van der Waals surface area contributed by atoms with Crippen LogP contribution in [0, 0.1) is 0 Å². The number of methoxy groups -OCH3 is 1. The first-order valence-electron chi connectivity index (χ1n) is 2.89. The van der Waals surface area contributed by atoms with E-state index < -0.39 is 24.4 Å². The maximum Gasteiger partial charge on any atom is 0.296 e. The molecule has 0 aliphatic heterocycles. The number of hydrogen-bond acceptors (Lipinski definition) is 3. The summed E-state index contributed by atoms with van der Waals surface area (Å²) in [6, 6.07) is 0. The normalized spacial score (nSPS) is 10.2. The van der Waals surface area contributed by atoms with Crippen LogP contribution in [-0.2, 0) is 14.3 Å². The molecule has 0 unspecified atom stereocenters. The van der Waals surface area contributed by atoms with Crippen molar-refractivity contribution in [3.63, 3.8) is 0 Å². The molecule has 0 saturated carbocycles. The molecule has 0 spiro atoms. The second kappa shape index (κ2) is 4.90. The Morgan fingerprint density at radius 1 is 1.45 bits per heavy atom. The number of carbonyl (C=O) groups is 2. The van der Waals surface area contributed by atoms with Gasteiger partial charge in [-0.3, -0.25) is 9.59 Å². The molecule has 0 aromatic heterocycles. The molecule has 0 heterocycles. The van der Waals surface area contributed by atoms with Gasteiger partial charge in [-0.25, -0.2) is 8.78 Å². The van der Waals surface area contributed by atoms with Crippen LogP contribution in [0.4, 0.5) is 8.78 Å². The standard InChI is InChI=1S/C6H8F2O3/c1-11-3-4(9)2-5(10)6(7)8/h6H,2-3H2,1H3. The fraction of sp³-hybridized carbons (Fsp3) is 0.667. The predicted molar refractivity (Wildman–Crippen MR) is 32.5 cm³/mol. The molecular formula is C6H8F2O3. The van der Waals surface area contributed by atoms with Gasteiger partial charge in [0.05, 0.1) is 6.42 Å². The Morgan fingerprint density at radius 3 is 2.36 bits per heavy atom. The highest BCUT2D eigenvalue weighted by molar-refractivity contribution is 6.00. The number of alkyl halides is 2. The zero-order valence-corrected chi connectivity index (χ0v) is 5.97. The number of ketones is 2. The molecule has 5 heteroatoms. The quantitative estimate of drug-likeness (QED) is 0.556. The van der Waals surface area contributed by atoms with Crippen molar-refractivity contribution in [2.24, 2.45) is 0 Å². The van der Waals surface area contributed by atoms with E-state index in [-0.39, 0.29) is 6.61 Å². The van der Waals surface area contributed by atoms with E-state index in [1.807, 2.05) is 0 Å². The van der Waals surface area contributed by atoms with E-state index in [1.165, 1.54) is 7.11 Å². The smallest absolute Gasteiger partial charge is 0.296 e. The van der Waals surface area contributed by atoms with Gasteiger partial charge < -0.3 is 4.74 Å². The number of Topliss-reactive ketones (excluding diaryl/α,β-unsaturated/α-hetero) is 2. The highest BCUT2D eigenvalue weighted by atomic mass is 19.3. The zero-order chi connectivity index (χ0) is 8.85. The molecule has 0 rings (SSSR count). The second-order valence-electron chi connectivity index (χ2n) is 1.92. The van der Waals surface area contributed by atoms with E-state index in [2.05, 4.69) is 4.74 Å². The van der Waals surface area contributed by atoms with Crippen molar-refractivity contribution in [3.05, 3.63) is 0 Å². The van der Waals surface area contributed by atoms with Gasteiger partial charge in [0.15, 0.2) is 5.78 Å². The molecule has 0 amide bonds. The van der Waals surface area contributed by atoms with Gasteiger partial charge in [-0.2, -0.15) is 0 Å². The summed E-state index contributed by atoms with van der Waals surface area (Å²) < 4.78 is 27.3. The van der Waals surface area contributed by atoms with Crippen LogP contribution in [0.1, 0.15) is 6.42 Å². The lowest BCUT2D eigenvalue weighted by molar-refractivity contribution is -0.135. The highest BCUT2D eigenvalue weighted by Crippen LogP contribution is 1.98. The summed E-state index contributed by atoms with van der Waals surface area (Å²) in [6.07, 6.45) is -3.80. The topological polar surface area (TPSA) is 43.4 Å². The summed E-state index contributed by atoms with van der Waals surface area (Å²) in [5.74, 6) is -1.98. The van der Waals surface area contributed by atoms with Crippen LogP contribution in [0.2, 0.25) is 0 Å². The van der Waals surface area contributed by atoms with E-state index in [4.69, 9.17) is 0 Å². The van der Waals surface area contributed by atoms with Crippen molar-refractivity contribution in [3.8, 4) is 0 Å². The molecule has 0 saturated heterocycles. The lowest BCUT2D eigenvalue weighted by Gasteiger charge is -1.97. The molecule has 64 valence electrons. The maximum absolute atomic E-state index is 11.5. The fourth-order valence-electron chi connectivity index (χ4n) is 0.483. The number of carbonyl (C=O) groups excluding carboxylic acids is 2. The SMILES string of the molecule is COCC(=O)CC(=O)C(F)F. The largest absolute Gasteiger partial charge is 0.377 e. The Labute approximate surface area is 62.3 Å². The van der Waals surface area contributed by atoms with Crippen molar-refractivity contribution in [2.45, 2.75) is 12.8 Å². The van der Waals surface area contributed by atoms with Gasteiger partial charge in [0.25, 0.3) is 6.43 Å². The second-order valence-corrected chi connectivity index (χ2v) is 1.92. The third kappa shape index (κ3) is 4.55. The van der Waals surface area contributed by atoms with Gasteiger partial charge in [-0.1, -0.05) is 0 Å². The third-order valence-electron chi connectivity index (χ3n) is 0.920. The Bertz CT molecular complexity index is 156. The van der Waals surface area contributed by atoms with E-state index in [1.54, 1.807) is 0 Å². The summed E-state index contributed by atoms with van der Waals surface area (Å²) in [7, 11) is 1.25. The number of rotatable bonds is 5. The van der Waals surface area contributed by atoms with Crippen LogP contribution in [0.25, 0.3) is 0 Å². The van der Waals surface area contributed by atoms with Gasteiger partial charge in [0, 0.05) is 7.11 Å². The average Bonchev–Trinajstić information content (AvgIpc) is 1.87. The summed E-state index contributed by atoms with van der Waals surface area (Å²) in [4.78, 5) is 20.7. The lowest BCUT2D eigenvalue weighted by atomic mass is 10.2. The molecule has 3 nitrogen and oxygen atoms in total. The highest BCUT2D eigenvalue weighted by Gasteiger charge is 2.18. The molecule has 0 radical (unpaired) electrons. The van der Waals surface area contributed by atoms with Crippen LogP contribution < -0.4 is 0 Å². The predicted octanol–water partition coefficient (Wildman–Crippen LogP) is 0.426. The lowest BCUT2D eigenvalue weighted by Crippen LogP contribution is -2.18. The number of hydrogen-bond donors (Lipinski definition) is 0. The van der Waals surface area contributed by atoms with Crippen LogP contribution in [0.15, 0.2) is 0 Å². The molecule has 11 heavy (non-hydrogen) atoms. The van der Waals surface area contributed by atoms with Gasteiger partial charge in [0.1, 0.15) is 6.61 Å². The minimum Gasteiger partial charge on any atom is -0.377 e. The van der Waals surface area contributed by atoms with Crippen molar-refractivity contribution < 1.29 is 23.1 Å². The van der Waals surface area contributed by atoms with Crippen LogP contribution in [0.3, 0.4) is 0 Å². The van der Waals surface area contributed by atoms with E-state index in [0.717, 1.165) is 0 Å². The summed E-state index contributed by atoms with van der Waals surface area (Å²) >= 11 is 0. The first-order valence-corrected chi connectivity index (χ1v) is 2.89. The molecular weight excluding hydrogens is 158 g/mol. The molecule has 0 aliphatic rings. The first-order chi connectivity index (χ1) is 5.07. The van der Waals surface area contributed by atoms with Crippen molar-refractivity contribution in [2.75, 3.05) is 13.7 Å². The molecule has 0 bridgehead atoms. The summed E-state index contributed by atoms with van der Waals surface area (Å²) in [5, 5.41) is 0. The van der Waals surface area contributed by atoms with Crippen LogP contribution in [0.5, 0.6) is 0 Å². The Hall–Kier alpha value is -0.840. The van der Waals surface area contributed by atoms with E-state index in [0.29, 0.717) is 0 Å². The molecule has 0 aromatic carbocycles. The zero-order valence-electron chi connectivity index (χ0n) is 5.97. The summed E-state index contributed by atoms with van der Waals surface area (Å²) in [5.41, 5.74) is 0. The monoisotopic (exact) mass is 166 g/mol.